The van der Waals surface area contributed by atoms with E-state index in [1.807, 2.05) is 49.5 Å². The van der Waals surface area contributed by atoms with Crippen molar-refractivity contribution in [1.29, 1.82) is 0 Å². The first-order chi connectivity index (χ1) is 7.31. The highest BCUT2D eigenvalue weighted by atomic mass is 79.9. The average molecular weight is 263 g/mol. The molecule has 0 saturated carbocycles. The van der Waals surface area contributed by atoms with Crippen molar-refractivity contribution in [3.05, 3.63) is 46.9 Å². The molecule has 0 saturated heterocycles. The lowest BCUT2D eigenvalue weighted by Gasteiger charge is -2.05. The van der Waals surface area contributed by atoms with E-state index in [1.165, 1.54) is 0 Å². The fourth-order valence-corrected chi connectivity index (χ4v) is 1.88. The summed E-state index contributed by atoms with van der Waals surface area (Å²) in [6.45, 7) is 0. The topological polar surface area (TPSA) is 24.9 Å². The Hall–Kier alpha value is -1.35. The summed E-state index contributed by atoms with van der Waals surface area (Å²) >= 11 is 3.52. The van der Waals surface area contributed by atoms with Crippen molar-refractivity contribution in [1.82, 2.24) is 4.98 Å². The summed E-state index contributed by atoms with van der Waals surface area (Å²) in [7, 11) is 1.87. The van der Waals surface area contributed by atoms with Gasteiger partial charge in [-0.25, -0.2) is 4.98 Å². The van der Waals surface area contributed by atoms with Crippen LogP contribution in [0.5, 0.6) is 0 Å². The summed E-state index contributed by atoms with van der Waals surface area (Å²) < 4.78 is 1.06. The van der Waals surface area contributed by atoms with E-state index in [4.69, 9.17) is 0 Å². The van der Waals surface area contributed by atoms with E-state index in [-0.39, 0.29) is 0 Å². The van der Waals surface area contributed by atoms with Crippen LogP contribution in [0.1, 0.15) is 0 Å². The number of hydrogen-bond donors (Lipinski definition) is 1. The average Bonchev–Trinajstić information content (AvgIpc) is 2.30. The smallest absolute Gasteiger partial charge is 0.126 e. The maximum absolute atomic E-state index is 4.48. The molecule has 15 heavy (non-hydrogen) atoms. The van der Waals surface area contributed by atoms with Gasteiger partial charge in [-0.3, -0.25) is 0 Å². The summed E-state index contributed by atoms with van der Waals surface area (Å²) in [6, 6.07) is 14.0. The van der Waals surface area contributed by atoms with Crippen LogP contribution in [0.4, 0.5) is 5.82 Å². The lowest BCUT2D eigenvalue weighted by Crippen LogP contribution is -1.93. The van der Waals surface area contributed by atoms with E-state index in [1.54, 1.807) is 0 Å². The van der Waals surface area contributed by atoms with Crippen LogP contribution in [-0.2, 0) is 0 Å². The summed E-state index contributed by atoms with van der Waals surface area (Å²) in [5, 5.41) is 3.03. The molecule has 0 spiro atoms. The minimum Gasteiger partial charge on any atom is -0.373 e. The molecule has 1 aromatic carbocycles. The highest BCUT2D eigenvalue weighted by Crippen LogP contribution is 2.26. The van der Waals surface area contributed by atoms with E-state index in [0.29, 0.717) is 0 Å². The quantitative estimate of drug-likeness (QED) is 0.896. The van der Waals surface area contributed by atoms with Crippen molar-refractivity contribution in [2.75, 3.05) is 12.4 Å². The molecule has 1 heterocycles. The molecule has 1 aromatic heterocycles. The predicted octanol–water partition coefficient (Wildman–Crippen LogP) is 3.55. The number of hydrogen-bond acceptors (Lipinski definition) is 2. The highest BCUT2D eigenvalue weighted by molar-refractivity contribution is 9.10. The van der Waals surface area contributed by atoms with Gasteiger partial charge in [0, 0.05) is 17.1 Å². The molecule has 0 aliphatic heterocycles. The van der Waals surface area contributed by atoms with Gasteiger partial charge >= 0.3 is 0 Å². The Kier molecular flexibility index (Phi) is 3.02. The molecule has 0 bridgehead atoms. The Bertz CT molecular complexity index is 469. The lowest BCUT2D eigenvalue weighted by molar-refractivity contribution is 1.28. The Morgan fingerprint density at radius 2 is 1.87 bits per heavy atom. The molecular weight excluding hydrogens is 252 g/mol. The molecule has 0 aliphatic carbocycles. The molecule has 0 fully saturated rings. The van der Waals surface area contributed by atoms with Gasteiger partial charge in [0.15, 0.2) is 0 Å². The van der Waals surface area contributed by atoms with E-state index >= 15 is 0 Å². The molecule has 2 rings (SSSR count). The lowest BCUT2D eigenvalue weighted by atomic mass is 10.1. The van der Waals surface area contributed by atoms with Gasteiger partial charge in [-0.05, 0) is 18.2 Å². The largest absolute Gasteiger partial charge is 0.373 e. The van der Waals surface area contributed by atoms with Crippen molar-refractivity contribution < 1.29 is 0 Å². The van der Waals surface area contributed by atoms with Crippen LogP contribution in [-0.4, -0.2) is 12.0 Å². The summed E-state index contributed by atoms with van der Waals surface area (Å²) in [5.41, 5.74) is 2.07. The number of halogens is 1. The van der Waals surface area contributed by atoms with Crippen LogP contribution in [0, 0.1) is 0 Å². The number of rotatable bonds is 2. The minimum absolute atomic E-state index is 0.878. The summed E-state index contributed by atoms with van der Waals surface area (Å²) in [5.74, 6) is 0.878. The van der Waals surface area contributed by atoms with Gasteiger partial charge < -0.3 is 5.32 Å². The third-order valence-electron chi connectivity index (χ3n) is 2.16. The first-order valence-corrected chi connectivity index (χ1v) is 5.50. The molecule has 0 atom stereocenters. The van der Waals surface area contributed by atoms with Crippen LogP contribution in [0.25, 0.3) is 11.3 Å². The van der Waals surface area contributed by atoms with Crippen molar-refractivity contribution >= 4 is 21.7 Å². The monoisotopic (exact) mass is 262 g/mol. The molecular formula is C12H11BrN2. The number of benzene rings is 1. The highest BCUT2D eigenvalue weighted by Gasteiger charge is 2.03. The predicted molar refractivity (Wildman–Crippen MR) is 66.9 cm³/mol. The van der Waals surface area contributed by atoms with Crippen molar-refractivity contribution in [3.63, 3.8) is 0 Å². The first-order valence-electron chi connectivity index (χ1n) is 4.71. The van der Waals surface area contributed by atoms with Crippen LogP contribution < -0.4 is 5.32 Å². The third kappa shape index (κ3) is 2.18. The SMILES string of the molecule is CNc1cccc(-c2ccccc2Br)n1. The molecule has 76 valence electrons. The molecule has 2 nitrogen and oxygen atoms in total. The second kappa shape index (κ2) is 4.45. The van der Waals surface area contributed by atoms with Gasteiger partial charge in [-0.15, -0.1) is 0 Å². The van der Waals surface area contributed by atoms with Crippen molar-refractivity contribution in [3.8, 4) is 11.3 Å². The van der Waals surface area contributed by atoms with E-state index in [2.05, 4.69) is 26.2 Å². The maximum atomic E-state index is 4.48. The minimum atomic E-state index is 0.878. The number of aromatic nitrogens is 1. The van der Waals surface area contributed by atoms with Crippen LogP contribution in [0.3, 0.4) is 0 Å². The van der Waals surface area contributed by atoms with Crippen molar-refractivity contribution in [2.24, 2.45) is 0 Å². The molecule has 0 radical (unpaired) electrons. The van der Waals surface area contributed by atoms with Gasteiger partial charge in [0.25, 0.3) is 0 Å². The third-order valence-corrected chi connectivity index (χ3v) is 2.85. The molecule has 0 unspecified atom stereocenters. The second-order valence-corrected chi connectivity index (χ2v) is 3.99. The van der Waals surface area contributed by atoms with E-state index in [9.17, 15) is 0 Å². The van der Waals surface area contributed by atoms with Gasteiger partial charge in [-0.1, -0.05) is 40.2 Å². The molecule has 3 heteroatoms. The van der Waals surface area contributed by atoms with Crippen LogP contribution in [0.2, 0.25) is 0 Å². The number of pyridine rings is 1. The number of nitrogens with one attached hydrogen (secondary N) is 1. The second-order valence-electron chi connectivity index (χ2n) is 3.14. The number of anilines is 1. The number of nitrogens with zero attached hydrogens (tertiary/aromatic N) is 1. The van der Waals surface area contributed by atoms with Gasteiger partial charge in [0.1, 0.15) is 5.82 Å². The molecule has 0 amide bonds. The zero-order chi connectivity index (χ0) is 10.7. The molecule has 1 N–H and O–H groups in total. The van der Waals surface area contributed by atoms with E-state index in [0.717, 1.165) is 21.5 Å². The Balaban J connectivity index is 2.49. The fourth-order valence-electron chi connectivity index (χ4n) is 1.39. The van der Waals surface area contributed by atoms with Gasteiger partial charge in [0.2, 0.25) is 0 Å². The van der Waals surface area contributed by atoms with Crippen molar-refractivity contribution in [2.45, 2.75) is 0 Å². The Morgan fingerprint density at radius 1 is 1.07 bits per heavy atom. The first kappa shape index (κ1) is 10.2. The van der Waals surface area contributed by atoms with Gasteiger partial charge in [0.05, 0.1) is 5.69 Å². The van der Waals surface area contributed by atoms with Crippen LogP contribution >= 0.6 is 15.9 Å². The van der Waals surface area contributed by atoms with Crippen LogP contribution in [0.15, 0.2) is 46.9 Å². The Labute approximate surface area is 97.5 Å². The fraction of sp³-hybridized carbons (Fsp3) is 0.0833. The summed E-state index contributed by atoms with van der Waals surface area (Å²) in [6.07, 6.45) is 0. The zero-order valence-electron chi connectivity index (χ0n) is 8.37. The normalized spacial score (nSPS) is 10.0. The maximum Gasteiger partial charge on any atom is 0.126 e. The molecule has 0 aliphatic rings. The zero-order valence-corrected chi connectivity index (χ0v) is 9.95. The Morgan fingerprint density at radius 3 is 2.60 bits per heavy atom. The van der Waals surface area contributed by atoms with E-state index < -0.39 is 0 Å². The standard InChI is InChI=1S/C12H11BrN2/c1-14-12-8-4-7-11(15-12)9-5-2-3-6-10(9)13/h2-8H,1H3,(H,14,15). The molecule has 2 aromatic rings. The van der Waals surface area contributed by atoms with Gasteiger partial charge in [-0.2, -0.15) is 0 Å². The summed E-state index contributed by atoms with van der Waals surface area (Å²) in [4.78, 5) is 4.48.